The predicted molar refractivity (Wildman–Crippen MR) is 25.3 cm³/mol. The number of rotatable bonds is 1. The van der Waals surface area contributed by atoms with Gasteiger partial charge in [0.15, 0.2) is 0 Å². The fourth-order valence-corrected chi connectivity index (χ4v) is 0. The Morgan fingerprint density at radius 1 is 1.57 bits per heavy atom. The Hall–Kier alpha value is 0.135. The second kappa shape index (κ2) is 3.18. The van der Waals surface area contributed by atoms with Crippen LogP contribution in [0.5, 0.6) is 0 Å². The van der Waals surface area contributed by atoms with E-state index < -0.39 is 7.82 Å². The van der Waals surface area contributed by atoms with Crippen molar-refractivity contribution in [1.29, 1.82) is 0 Å². The van der Waals surface area contributed by atoms with Gasteiger partial charge in [0.2, 0.25) is 0 Å². The van der Waals surface area contributed by atoms with Crippen LogP contribution in [0.4, 0.5) is 0 Å². The quantitative estimate of drug-likeness (QED) is 0.309. The molecule has 7 heteroatoms. The molecule has 0 aliphatic carbocycles. The highest BCUT2D eigenvalue weighted by atomic mass is 31.2. The van der Waals surface area contributed by atoms with Gasteiger partial charge in [0.1, 0.15) is 0 Å². The van der Waals surface area contributed by atoms with E-state index in [4.69, 9.17) is 9.79 Å². The summed E-state index contributed by atoms with van der Waals surface area (Å²) in [7, 11) is -3.20. The molecule has 0 bridgehead atoms. The molecule has 0 spiro atoms. The number of hydrogen-bond acceptors (Lipinski definition) is 2. The predicted octanol–water partition coefficient (Wildman–Crippen LogP) is -2.18. The van der Waals surface area contributed by atoms with E-state index in [-0.39, 0.29) is 5.48 Å². The Morgan fingerprint density at radius 2 is 1.71 bits per heavy atom. The first-order chi connectivity index (χ1) is 2.56. The lowest BCUT2D eigenvalue weighted by atomic mass is 10.6. The van der Waals surface area contributed by atoms with Crippen molar-refractivity contribution >= 4 is 15.9 Å². The first-order valence-electron chi connectivity index (χ1n) is 1.17. The van der Waals surface area contributed by atoms with E-state index in [9.17, 15) is 4.57 Å². The van der Waals surface area contributed by atoms with E-state index in [0.717, 1.165) is 8.05 Å². The molecular formula is H6BO5P. The zero-order valence-corrected chi connectivity index (χ0v) is 4.55. The van der Waals surface area contributed by atoms with Crippen molar-refractivity contribution in [2.45, 2.75) is 0 Å². The monoisotopic (exact) mass is 128 g/mol. The van der Waals surface area contributed by atoms with Gasteiger partial charge >= 0.3 is 7.82 Å². The van der Waals surface area contributed by atoms with Crippen molar-refractivity contribution in [1.82, 2.24) is 0 Å². The maximum absolute atomic E-state index is 9.47. The molecule has 0 rings (SSSR count). The third-order valence-electron chi connectivity index (χ3n) is 0.238. The van der Waals surface area contributed by atoms with Crippen LogP contribution >= 0.6 is 7.82 Å². The molecule has 0 heterocycles. The van der Waals surface area contributed by atoms with Gasteiger partial charge in [-0.1, -0.05) is 0 Å². The molecule has 44 valence electrons. The minimum Gasteiger partial charge on any atom is -0.412 e. The molecule has 4 N–H and O–H groups in total. The molecule has 0 aromatic rings. The van der Waals surface area contributed by atoms with Crippen molar-refractivity contribution in [2.24, 2.45) is 0 Å². The van der Waals surface area contributed by atoms with Crippen LogP contribution in [-0.2, 0) is 9.01 Å². The van der Waals surface area contributed by atoms with Gasteiger partial charge in [-0.3, -0.25) is 0 Å². The molecule has 0 aromatic heterocycles. The molecule has 0 atom stereocenters. The molecule has 7 heavy (non-hydrogen) atoms. The van der Waals surface area contributed by atoms with Gasteiger partial charge < -0.3 is 19.7 Å². The summed E-state index contributed by atoms with van der Waals surface area (Å²) in [6.45, 7) is 0. The Kier molecular flexibility index (Phi) is 4.62. The number of hydrogen-bond donors (Lipinski definition) is 2. The van der Waals surface area contributed by atoms with Gasteiger partial charge in [-0.25, -0.2) is 4.57 Å². The van der Waals surface area contributed by atoms with Crippen LogP contribution in [0, 0.1) is 0 Å². The van der Waals surface area contributed by atoms with Gasteiger partial charge in [0.05, 0.1) is 0 Å². The highest BCUT2D eigenvalue weighted by Gasteiger charge is 2.06. The van der Waals surface area contributed by atoms with Crippen LogP contribution < -0.4 is 0 Å². The van der Waals surface area contributed by atoms with E-state index in [2.05, 4.69) is 4.44 Å². The van der Waals surface area contributed by atoms with E-state index >= 15 is 0 Å². The SMILES string of the molecule is BOP(=O)(O)O.O. The zero-order valence-electron chi connectivity index (χ0n) is 3.66. The normalized spacial score (nSPS) is 10.0. The first-order valence-corrected chi connectivity index (χ1v) is 2.70. The third kappa shape index (κ3) is 10.7. The average molecular weight is 128 g/mol. The summed E-state index contributed by atoms with van der Waals surface area (Å²) in [6.07, 6.45) is 0. The van der Waals surface area contributed by atoms with E-state index in [1.54, 1.807) is 0 Å². The lowest BCUT2D eigenvalue weighted by molar-refractivity contribution is 0.292. The fourth-order valence-electron chi connectivity index (χ4n) is 0. The summed E-state index contributed by atoms with van der Waals surface area (Å²) in [5.41, 5.74) is 0. The Bertz CT molecular complexity index is 72.1. The number of phosphoric acid groups is 1. The maximum atomic E-state index is 9.47. The lowest BCUT2D eigenvalue weighted by Crippen LogP contribution is -1.78. The summed E-state index contributed by atoms with van der Waals surface area (Å²) < 4.78 is 13.1. The molecule has 0 unspecified atom stereocenters. The molecule has 0 saturated carbocycles. The van der Waals surface area contributed by atoms with Crippen LogP contribution in [0.15, 0.2) is 0 Å². The molecule has 5 nitrogen and oxygen atoms in total. The minimum absolute atomic E-state index is 0. The van der Waals surface area contributed by atoms with Crippen LogP contribution in [-0.4, -0.2) is 23.3 Å². The van der Waals surface area contributed by atoms with Crippen molar-refractivity contribution in [3.63, 3.8) is 0 Å². The summed E-state index contributed by atoms with van der Waals surface area (Å²) >= 11 is 0. The molecule has 0 saturated heterocycles. The second-order valence-electron chi connectivity index (χ2n) is 0.673. The molecular weight excluding hydrogens is 122 g/mol. The van der Waals surface area contributed by atoms with Crippen LogP contribution in [0.3, 0.4) is 0 Å². The Labute approximate surface area is 41.3 Å². The second-order valence-corrected chi connectivity index (χ2v) is 2.02. The van der Waals surface area contributed by atoms with Gasteiger partial charge in [0.25, 0.3) is 8.05 Å². The molecule has 0 aliphatic rings. The van der Waals surface area contributed by atoms with Crippen molar-refractivity contribution in [3.8, 4) is 0 Å². The Morgan fingerprint density at radius 3 is 1.71 bits per heavy atom. The van der Waals surface area contributed by atoms with E-state index in [1.165, 1.54) is 0 Å². The van der Waals surface area contributed by atoms with Crippen LogP contribution in [0.2, 0.25) is 0 Å². The lowest BCUT2D eigenvalue weighted by Gasteiger charge is -1.94. The molecule has 0 aliphatic heterocycles. The largest absolute Gasteiger partial charge is 0.454 e. The average Bonchev–Trinajstić information content (AvgIpc) is 1.35. The molecule has 0 amide bonds. The summed E-state index contributed by atoms with van der Waals surface area (Å²) in [5, 5.41) is 0. The topological polar surface area (TPSA) is 98.3 Å². The first kappa shape index (κ1) is 10.2. The van der Waals surface area contributed by atoms with Gasteiger partial charge in [0, 0.05) is 0 Å². The highest BCUT2D eigenvalue weighted by molar-refractivity contribution is 7.47. The van der Waals surface area contributed by atoms with Crippen LogP contribution in [0.25, 0.3) is 0 Å². The van der Waals surface area contributed by atoms with E-state index in [0.29, 0.717) is 0 Å². The van der Waals surface area contributed by atoms with Gasteiger partial charge in [-0.05, 0) is 0 Å². The summed E-state index contributed by atoms with van der Waals surface area (Å²) in [5.74, 6) is 0. The van der Waals surface area contributed by atoms with Gasteiger partial charge in [-0.2, -0.15) is 0 Å². The molecule has 0 aromatic carbocycles. The molecule has 0 fully saturated rings. The van der Waals surface area contributed by atoms with Crippen LogP contribution in [0.1, 0.15) is 0 Å². The van der Waals surface area contributed by atoms with Gasteiger partial charge in [-0.15, -0.1) is 0 Å². The van der Waals surface area contributed by atoms with Crippen molar-refractivity contribution in [3.05, 3.63) is 0 Å². The van der Waals surface area contributed by atoms with E-state index in [1.807, 2.05) is 0 Å². The highest BCUT2D eigenvalue weighted by Crippen LogP contribution is 2.33. The Balaban J connectivity index is 0. The summed E-state index contributed by atoms with van der Waals surface area (Å²) in [4.78, 5) is 15.4. The zero-order chi connectivity index (χ0) is 5.21. The minimum atomic E-state index is -4.15. The van der Waals surface area contributed by atoms with Crippen molar-refractivity contribution in [2.75, 3.05) is 0 Å². The maximum Gasteiger partial charge on any atom is 0.454 e. The smallest absolute Gasteiger partial charge is 0.412 e. The van der Waals surface area contributed by atoms with Crippen molar-refractivity contribution < 1.29 is 24.3 Å². The fraction of sp³-hybridized carbons (Fsp3) is 0. The summed E-state index contributed by atoms with van der Waals surface area (Å²) in [6, 6.07) is 0. The third-order valence-corrected chi connectivity index (χ3v) is 0.714. The standard InChI is InChI=1S/BH4O4P.H2O/c1-5-6(2,3)4;/h1H2,(H2,2,3,4);1H2. The molecule has 0 radical (unpaired) electrons.